The van der Waals surface area contributed by atoms with Crippen molar-refractivity contribution in [2.24, 2.45) is 4.99 Å². The molecular formula is C20H21ClN2O2. The Morgan fingerprint density at radius 2 is 1.72 bits per heavy atom. The Hall–Kier alpha value is -2.17. The topological polar surface area (TPSA) is 50.7 Å². The van der Waals surface area contributed by atoms with Crippen molar-refractivity contribution in [3.63, 3.8) is 0 Å². The zero-order valence-corrected chi connectivity index (χ0v) is 14.7. The van der Waals surface area contributed by atoms with Gasteiger partial charge in [0.15, 0.2) is 0 Å². The zero-order valence-electron chi connectivity index (χ0n) is 13.9. The lowest BCUT2D eigenvalue weighted by Gasteiger charge is -2.35. The summed E-state index contributed by atoms with van der Waals surface area (Å²) >= 11 is 0. The summed E-state index contributed by atoms with van der Waals surface area (Å²) in [6.45, 7) is 2.06. The van der Waals surface area contributed by atoms with E-state index < -0.39 is 0 Å². The molecule has 0 amide bonds. The maximum atomic E-state index is 12.8. The Bertz CT molecular complexity index is 783. The van der Waals surface area contributed by atoms with Gasteiger partial charge in [0.1, 0.15) is 12.3 Å². The Morgan fingerprint density at radius 1 is 1.04 bits per heavy atom. The Kier molecular flexibility index (Phi) is 5.21. The number of para-hydroxylation sites is 1. The van der Waals surface area contributed by atoms with E-state index in [9.17, 15) is 4.79 Å². The van der Waals surface area contributed by atoms with Gasteiger partial charge in [-0.2, -0.15) is 0 Å². The molecule has 25 heavy (non-hydrogen) atoms. The minimum Gasteiger partial charge on any atom is -0.456 e. The third-order valence-electron chi connectivity index (χ3n) is 4.97. The first-order valence-electron chi connectivity index (χ1n) is 8.40. The van der Waals surface area contributed by atoms with Crippen LogP contribution in [0.3, 0.4) is 0 Å². The molecule has 0 unspecified atom stereocenters. The van der Waals surface area contributed by atoms with Crippen LogP contribution in [0, 0.1) is 0 Å². The van der Waals surface area contributed by atoms with E-state index in [0.717, 1.165) is 42.7 Å². The number of ether oxygens (including phenoxy) is 1. The molecule has 5 heteroatoms. The maximum Gasteiger partial charge on any atom is 0.353 e. The molecule has 0 aliphatic carbocycles. The highest BCUT2D eigenvalue weighted by atomic mass is 35.5. The van der Waals surface area contributed by atoms with Gasteiger partial charge in [-0.1, -0.05) is 48.5 Å². The molecule has 1 fully saturated rings. The molecule has 0 aromatic heterocycles. The molecule has 1 saturated heterocycles. The zero-order chi connectivity index (χ0) is 16.4. The van der Waals surface area contributed by atoms with Crippen LogP contribution in [0.1, 0.15) is 24.0 Å². The number of aliphatic imine (C=N–C) groups is 1. The predicted molar refractivity (Wildman–Crippen MR) is 101 cm³/mol. The second kappa shape index (κ2) is 7.38. The summed E-state index contributed by atoms with van der Waals surface area (Å²) in [5.74, 6) is -0.294. The normalized spacial score (nSPS) is 17.4. The van der Waals surface area contributed by atoms with Crippen molar-refractivity contribution in [2.75, 3.05) is 13.1 Å². The number of carbonyl (C=O) groups is 1. The summed E-state index contributed by atoms with van der Waals surface area (Å²) in [7, 11) is 0. The number of fused-ring (bicyclic) bond motifs is 2. The third kappa shape index (κ3) is 3.20. The van der Waals surface area contributed by atoms with E-state index in [2.05, 4.69) is 16.4 Å². The van der Waals surface area contributed by atoms with Gasteiger partial charge < -0.3 is 10.1 Å². The summed E-state index contributed by atoms with van der Waals surface area (Å²) in [4.78, 5) is 17.4. The van der Waals surface area contributed by atoms with E-state index in [0.29, 0.717) is 5.71 Å². The van der Waals surface area contributed by atoms with Crippen LogP contribution in [-0.2, 0) is 21.6 Å². The molecule has 130 valence electrons. The van der Waals surface area contributed by atoms with Gasteiger partial charge in [-0.25, -0.2) is 9.79 Å². The second-order valence-corrected chi connectivity index (χ2v) is 6.37. The number of benzene rings is 2. The average molecular weight is 357 g/mol. The van der Waals surface area contributed by atoms with Gasteiger partial charge >= 0.3 is 5.97 Å². The van der Waals surface area contributed by atoms with Crippen LogP contribution in [0.15, 0.2) is 59.6 Å². The van der Waals surface area contributed by atoms with Gasteiger partial charge in [-0.05, 0) is 43.1 Å². The lowest BCUT2D eigenvalue weighted by atomic mass is 9.71. The fourth-order valence-corrected chi connectivity index (χ4v) is 3.72. The smallest absolute Gasteiger partial charge is 0.353 e. The molecule has 4 nitrogen and oxygen atoms in total. The van der Waals surface area contributed by atoms with Crippen molar-refractivity contribution >= 4 is 29.8 Å². The largest absolute Gasteiger partial charge is 0.456 e. The van der Waals surface area contributed by atoms with Crippen LogP contribution in [0.25, 0.3) is 0 Å². The van der Waals surface area contributed by atoms with Crippen molar-refractivity contribution in [2.45, 2.75) is 24.9 Å². The number of hydrogen-bond acceptors (Lipinski definition) is 4. The summed E-state index contributed by atoms with van der Waals surface area (Å²) in [6, 6.07) is 17.8. The quantitative estimate of drug-likeness (QED) is 0.855. The van der Waals surface area contributed by atoms with Crippen LogP contribution in [0.2, 0.25) is 0 Å². The van der Waals surface area contributed by atoms with Crippen molar-refractivity contribution in [1.29, 1.82) is 0 Å². The molecule has 2 aromatic carbocycles. The van der Waals surface area contributed by atoms with Gasteiger partial charge in [-0.3, -0.25) is 0 Å². The van der Waals surface area contributed by atoms with Crippen molar-refractivity contribution in [1.82, 2.24) is 5.32 Å². The number of carbonyl (C=O) groups excluding carboxylic acids is 1. The molecule has 2 aliphatic rings. The van der Waals surface area contributed by atoms with Gasteiger partial charge in [-0.15, -0.1) is 12.4 Å². The van der Waals surface area contributed by atoms with Crippen LogP contribution in [-0.4, -0.2) is 24.8 Å². The Balaban J connectivity index is 0.00000182. The highest BCUT2D eigenvalue weighted by Crippen LogP contribution is 2.45. The second-order valence-electron chi connectivity index (χ2n) is 6.37. The van der Waals surface area contributed by atoms with E-state index in [1.54, 1.807) is 0 Å². The minimum absolute atomic E-state index is 0. The van der Waals surface area contributed by atoms with E-state index in [-0.39, 0.29) is 30.4 Å². The molecule has 2 heterocycles. The monoisotopic (exact) mass is 356 g/mol. The number of esters is 1. The van der Waals surface area contributed by atoms with Crippen LogP contribution >= 0.6 is 12.4 Å². The van der Waals surface area contributed by atoms with Gasteiger partial charge in [0.05, 0.1) is 5.69 Å². The van der Waals surface area contributed by atoms with E-state index >= 15 is 0 Å². The number of nitrogens with one attached hydrogen (secondary N) is 1. The average Bonchev–Trinajstić information content (AvgIpc) is 2.95. The molecule has 1 N–H and O–H groups in total. The molecule has 0 bridgehead atoms. The number of hydrogen-bond donors (Lipinski definition) is 1. The highest BCUT2D eigenvalue weighted by molar-refractivity contribution is 6.42. The summed E-state index contributed by atoms with van der Waals surface area (Å²) in [5.41, 5.74) is 3.34. The fourth-order valence-electron chi connectivity index (χ4n) is 3.72. The first kappa shape index (κ1) is 17.6. The van der Waals surface area contributed by atoms with E-state index in [4.69, 9.17) is 4.74 Å². The van der Waals surface area contributed by atoms with Crippen LogP contribution < -0.4 is 5.32 Å². The fraction of sp³-hybridized carbons (Fsp3) is 0.300. The molecule has 2 aliphatic heterocycles. The number of rotatable bonds is 3. The van der Waals surface area contributed by atoms with Gasteiger partial charge in [0.25, 0.3) is 0 Å². The maximum absolute atomic E-state index is 12.8. The summed E-state index contributed by atoms with van der Waals surface area (Å²) in [6.07, 6.45) is 1.76. The van der Waals surface area contributed by atoms with E-state index in [1.165, 1.54) is 0 Å². The number of piperidine rings is 1. The van der Waals surface area contributed by atoms with Crippen molar-refractivity contribution in [3.05, 3.63) is 65.7 Å². The van der Waals surface area contributed by atoms with Crippen LogP contribution in [0.5, 0.6) is 0 Å². The number of nitrogens with zero attached hydrogens (tertiary/aromatic N) is 1. The first-order valence-corrected chi connectivity index (χ1v) is 8.40. The molecule has 1 spiro atoms. The molecule has 2 aromatic rings. The van der Waals surface area contributed by atoms with Crippen molar-refractivity contribution in [3.8, 4) is 0 Å². The summed E-state index contributed by atoms with van der Waals surface area (Å²) in [5, 5.41) is 3.38. The molecule has 0 saturated carbocycles. The van der Waals surface area contributed by atoms with Gasteiger partial charge in [0.2, 0.25) is 0 Å². The molecular weight excluding hydrogens is 336 g/mol. The Labute approximate surface area is 153 Å². The van der Waals surface area contributed by atoms with Crippen LogP contribution in [0.4, 0.5) is 5.69 Å². The van der Waals surface area contributed by atoms with Gasteiger partial charge in [0, 0.05) is 5.41 Å². The number of halogens is 1. The third-order valence-corrected chi connectivity index (χ3v) is 4.97. The van der Waals surface area contributed by atoms with Crippen molar-refractivity contribution < 1.29 is 9.53 Å². The summed E-state index contributed by atoms with van der Waals surface area (Å²) < 4.78 is 5.58. The molecule has 4 rings (SSSR count). The molecule has 0 atom stereocenters. The van der Waals surface area contributed by atoms with E-state index in [1.807, 2.05) is 48.5 Å². The highest BCUT2D eigenvalue weighted by Gasteiger charge is 2.47. The predicted octanol–water partition coefficient (Wildman–Crippen LogP) is 3.56. The SMILES string of the molecule is Cl.O=C(OCc1ccccc1)C1=Nc2ccccc2C12CCNCC2. The Morgan fingerprint density at radius 3 is 2.48 bits per heavy atom. The lowest BCUT2D eigenvalue weighted by molar-refractivity contribution is -0.137. The molecule has 0 radical (unpaired) electrons. The lowest BCUT2D eigenvalue weighted by Crippen LogP contribution is -2.47. The standard InChI is InChI=1S/C20H20N2O2.ClH/c23-19(24-14-15-6-2-1-3-7-15)18-20(10-12-21-13-11-20)16-8-4-5-9-17(16)22-18;/h1-9,21H,10-14H2;1H. The minimum atomic E-state index is -0.296. The first-order chi connectivity index (χ1) is 11.8.